The van der Waals surface area contributed by atoms with E-state index in [9.17, 15) is 14.0 Å². The summed E-state index contributed by atoms with van der Waals surface area (Å²) in [5, 5.41) is 4.68. The molecule has 1 aromatic carbocycles. The molecule has 2 heterocycles. The first-order valence-corrected chi connectivity index (χ1v) is 9.23. The summed E-state index contributed by atoms with van der Waals surface area (Å²) in [7, 11) is 1.17. The lowest BCUT2D eigenvalue weighted by Crippen LogP contribution is -2.56. The van der Waals surface area contributed by atoms with Gasteiger partial charge >= 0.3 is 5.97 Å². The fourth-order valence-corrected chi connectivity index (χ4v) is 3.38. The molecule has 0 spiro atoms. The van der Waals surface area contributed by atoms with E-state index in [0.717, 1.165) is 25.5 Å². The molecule has 2 atom stereocenters. The molecular weight excluding hydrogens is 365 g/mol. The van der Waals surface area contributed by atoms with Gasteiger partial charge in [-0.3, -0.25) is 4.79 Å². The van der Waals surface area contributed by atoms with Crippen LogP contribution in [0.4, 0.5) is 10.1 Å². The molecule has 2 N–H and O–H groups in total. The molecule has 1 aromatic heterocycles. The van der Waals surface area contributed by atoms with Gasteiger partial charge in [0.15, 0.2) is 0 Å². The van der Waals surface area contributed by atoms with Crippen molar-refractivity contribution in [2.24, 2.45) is 0 Å². The molecule has 9 heteroatoms. The van der Waals surface area contributed by atoms with Gasteiger partial charge in [-0.2, -0.15) is 0 Å². The Morgan fingerprint density at radius 2 is 2.21 bits per heavy atom. The number of anilines is 1. The third kappa shape index (κ3) is 4.20. The van der Waals surface area contributed by atoms with Crippen LogP contribution in [0.5, 0.6) is 0 Å². The van der Waals surface area contributed by atoms with E-state index in [1.807, 2.05) is 15.8 Å². The number of methoxy groups -OCH3 is 1. The molecule has 0 aliphatic carbocycles. The summed E-state index contributed by atoms with van der Waals surface area (Å²) in [5.74, 6) is -1.91. The minimum atomic E-state index is -0.835. The number of hydrogen-bond acceptors (Lipinski definition) is 6. The number of esters is 1. The summed E-state index contributed by atoms with van der Waals surface area (Å²) < 4.78 is 20.7. The first-order chi connectivity index (χ1) is 13.5. The molecule has 150 valence electrons. The maximum absolute atomic E-state index is 14.1. The van der Waals surface area contributed by atoms with Gasteiger partial charge in [-0.15, -0.1) is 0 Å². The Morgan fingerprint density at radius 1 is 1.39 bits per heavy atom. The standard InChI is InChI=1S/C19H24FN5O3/c1-3-10-25-16(24-11-9-21-12-24)8-7-15(23-25)18(26)22-14-6-4-5-13(20)17(14)19(27)28-2/h4-6,9,11-12,15-16,23H,3,7-8,10H2,1-2H3,(H,22,26). The van der Waals surface area contributed by atoms with Gasteiger partial charge in [-0.1, -0.05) is 13.0 Å². The Balaban J connectivity index is 1.74. The van der Waals surface area contributed by atoms with Crippen LogP contribution in [0.25, 0.3) is 0 Å². The third-order valence-electron chi connectivity index (χ3n) is 4.71. The molecule has 8 nitrogen and oxygen atoms in total. The lowest BCUT2D eigenvalue weighted by molar-refractivity contribution is -0.122. The molecule has 1 amide bonds. The lowest BCUT2D eigenvalue weighted by Gasteiger charge is -2.40. The van der Waals surface area contributed by atoms with Crippen LogP contribution in [-0.2, 0) is 9.53 Å². The first kappa shape index (κ1) is 20.0. The highest BCUT2D eigenvalue weighted by Crippen LogP contribution is 2.26. The Bertz CT molecular complexity index is 827. The predicted molar refractivity (Wildman–Crippen MR) is 101 cm³/mol. The van der Waals surface area contributed by atoms with E-state index in [4.69, 9.17) is 0 Å². The van der Waals surface area contributed by atoms with E-state index in [1.165, 1.54) is 19.2 Å². The minimum Gasteiger partial charge on any atom is -0.465 e. The van der Waals surface area contributed by atoms with E-state index >= 15 is 0 Å². The maximum Gasteiger partial charge on any atom is 0.342 e. The second-order valence-corrected chi connectivity index (χ2v) is 6.59. The molecule has 0 bridgehead atoms. The fraction of sp³-hybridized carbons (Fsp3) is 0.421. The Hall–Kier alpha value is -2.78. The normalized spacial score (nSPS) is 20.0. The second kappa shape index (κ2) is 8.94. The second-order valence-electron chi connectivity index (χ2n) is 6.59. The Kier molecular flexibility index (Phi) is 6.37. The molecular formula is C19H24FN5O3. The van der Waals surface area contributed by atoms with Gasteiger partial charge in [0, 0.05) is 18.9 Å². The van der Waals surface area contributed by atoms with E-state index in [0.29, 0.717) is 6.42 Å². The van der Waals surface area contributed by atoms with Gasteiger partial charge in [-0.05, 0) is 31.4 Å². The van der Waals surface area contributed by atoms with Crippen LogP contribution in [0.1, 0.15) is 42.7 Å². The van der Waals surface area contributed by atoms with E-state index in [1.54, 1.807) is 12.5 Å². The highest BCUT2D eigenvalue weighted by Gasteiger charge is 2.32. The lowest BCUT2D eigenvalue weighted by atomic mass is 10.1. The molecule has 1 aliphatic heterocycles. The zero-order valence-electron chi connectivity index (χ0n) is 15.9. The van der Waals surface area contributed by atoms with Gasteiger partial charge in [0.1, 0.15) is 23.6 Å². The highest BCUT2D eigenvalue weighted by molar-refractivity contribution is 6.02. The van der Waals surface area contributed by atoms with Crippen molar-refractivity contribution in [2.45, 2.75) is 38.4 Å². The van der Waals surface area contributed by atoms with Crippen molar-refractivity contribution in [2.75, 3.05) is 19.0 Å². The smallest absolute Gasteiger partial charge is 0.342 e. The number of hydrogen-bond donors (Lipinski definition) is 2. The number of amides is 1. The van der Waals surface area contributed by atoms with Gasteiger partial charge in [0.05, 0.1) is 19.1 Å². The average molecular weight is 389 g/mol. The van der Waals surface area contributed by atoms with E-state index in [-0.39, 0.29) is 23.3 Å². The average Bonchev–Trinajstić information content (AvgIpc) is 3.22. The number of carbonyl (C=O) groups is 2. The van der Waals surface area contributed by atoms with Crippen LogP contribution in [0.15, 0.2) is 36.9 Å². The van der Waals surface area contributed by atoms with Crippen molar-refractivity contribution in [3.63, 3.8) is 0 Å². The van der Waals surface area contributed by atoms with Gasteiger partial charge < -0.3 is 14.6 Å². The monoisotopic (exact) mass is 389 g/mol. The first-order valence-electron chi connectivity index (χ1n) is 9.23. The number of hydrazine groups is 1. The highest BCUT2D eigenvalue weighted by atomic mass is 19.1. The molecule has 1 saturated heterocycles. The fourth-order valence-electron chi connectivity index (χ4n) is 3.38. The van der Waals surface area contributed by atoms with Crippen LogP contribution in [-0.4, -0.2) is 46.1 Å². The van der Waals surface area contributed by atoms with Crippen molar-refractivity contribution in [3.05, 3.63) is 48.3 Å². The molecule has 2 unspecified atom stereocenters. The van der Waals surface area contributed by atoms with Crippen LogP contribution < -0.4 is 10.7 Å². The number of carbonyl (C=O) groups excluding carboxylic acids is 2. The van der Waals surface area contributed by atoms with Crippen LogP contribution in [0.2, 0.25) is 0 Å². The number of aromatic nitrogens is 2. The van der Waals surface area contributed by atoms with Crippen LogP contribution >= 0.6 is 0 Å². The third-order valence-corrected chi connectivity index (χ3v) is 4.71. The zero-order chi connectivity index (χ0) is 20.1. The Labute approximate surface area is 162 Å². The summed E-state index contributed by atoms with van der Waals surface area (Å²) in [4.78, 5) is 28.8. The number of rotatable bonds is 6. The van der Waals surface area contributed by atoms with Gasteiger partial charge in [0.25, 0.3) is 0 Å². The van der Waals surface area contributed by atoms with E-state index in [2.05, 4.69) is 27.4 Å². The number of imidazole rings is 1. The minimum absolute atomic E-state index is 0.0614. The molecule has 2 aromatic rings. The van der Waals surface area contributed by atoms with Crippen molar-refractivity contribution < 1.29 is 18.7 Å². The number of halogens is 1. The summed E-state index contributed by atoms with van der Waals surface area (Å²) >= 11 is 0. The largest absolute Gasteiger partial charge is 0.465 e. The van der Waals surface area contributed by atoms with Crippen molar-refractivity contribution in [1.29, 1.82) is 0 Å². The summed E-state index contributed by atoms with van der Waals surface area (Å²) in [6.07, 6.45) is 7.66. The van der Waals surface area contributed by atoms with Crippen LogP contribution in [0, 0.1) is 5.82 Å². The molecule has 28 heavy (non-hydrogen) atoms. The quantitative estimate of drug-likeness (QED) is 0.738. The summed E-state index contributed by atoms with van der Waals surface area (Å²) in [6, 6.07) is 3.57. The molecule has 0 radical (unpaired) electrons. The van der Waals surface area contributed by atoms with E-state index < -0.39 is 17.8 Å². The number of nitrogens with zero attached hydrogens (tertiary/aromatic N) is 3. The summed E-state index contributed by atoms with van der Waals surface area (Å²) in [6.45, 7) is 2.81. The van der Waals surface area contributed by atoms with Gasteiger partial charge in [-0.25, -0.2) is 24.6 Å². The van der Waals surface area contributed by atoms with Crippen molar-refractivity contribution >= 4 is 17.6 Å². The molecule has 3 rings (SSSR count). The number of nitrogens with one attached hydrogen (secondary N) is 2. The SMILES string of the molecule is CCCN1NC(C(=O)Nc2cccc(F)c2C(=O)OC)CCC1n1ccnc1. The van der Waals surface area contributed by atoms with Gasteiger partial charge in [0.2, 0.25) is 5.91 Å². The zero-order valence-corrected chi connectivity index (χ0v) is 15.9. The molecule has 1 aliphatic rings. The molecule has 1 fully saturated rings. The van der Waals surface area contributed by atoms with Crippen molar-refractivity contribution in [3.8, 4) is 0 Å². The topological polar surface area (TPSA) is 88.5 Å². The Morgan fingerprint density at radius 3 is 2.89 bits per heavy atom. The number of benzene rings is 1. The number of ether oxygens (including phenoxy) is 1. The summed E-state index contributed by atoms with van der Waals surface area (Å²) in [5.41, 5.74) is 3.07. The van der Waals surface area contributed by atoms with Crippen LogP contribution in [0.3, 0.4) is 0 Å². The maximum atomic E-state index is 14.1. The van der Waals surface area contributed by atoms with Crippen molar-refractivity contribution in [1.82, 2.24) is 20.0 Å². The predicted octanol–water partition coefficient (Wildman–Crippen LogP) is 2.33. The molecule has 0 saturated carbocycles.